The van der Waals surface area contributed by atoms with Crippen LogP contribution < -0.4 is 5.56 Å². The lowest BCUT2D eigenvalue weighted by Gasteiger charge is -2.18. The number of carbonyl (C=O) groups is 2. The van der Waals surface area contributed by atoms with E-state index in [4.69, 9.17) is 11.5 Å². The SMILES string of the molecule is C#CCN(CC(=O)O)C(=O)c1c(C)cc(C)[nH]c1=O. The zero-order valence-electron chi connectivity index (χ0n) is 10.7. The number of aromatic amines is 1. The summed E-state index contributed by atoms with van der Waals surface area (Å²) in [6.45, 7) is 2.59. The first kappa shape index (κ1) is 14.5. The number of terminal acetylenes is 1. The number of carbonyl (C=O) groups excluding carboxylic acids is 1. The molecule has 0 aliphatic carbocycles. The van der Waals surface area contributed by atoms with E-state index in [1.807, 2.05) is 0 Å². The lowest BCUT2D eigenvalue weighted by atomic mass is 10.1. The van der Waals surface area contributed by atoms with Gasteiger partial charge in [-0.15, -0.1) is 6.42 Å². The summed E-state index contributed by atoms with van der Waals surface area (Å²) < 4.78 is 0. The van der Waals surface area contributed by atoms with Crippen LogP contribution in [-0.4, -0.2) is 40.0 Å². The van der Waals surface area contributed by atoms with Gasteiger partial charge in [-0.2, -0.15) is 0 Å². The Morgan fingerprint density at radius 1 is 1.47 bits per heavy atom. The van der Waals surface area contributed by atoms with Crippen LogP contribution in [0.5, 0.6) is 0 Å². The number of rotatable bonds is 4. The first-order valence-corrected chi connectivity index (χ1v) is 5.52. The molecule has 0 unspecified atom stereocenters. The van der Waals surface area contributed by atoms with E-state index in [0.29, 0.717) is 11.3 Å². The summed E-state index contributed by atoms with van der Waals surface area (Å²) >= 11 is 0. The van der Waals surface area contributed by atoms with Crippen molar-refractivity contribution in [2.75, 3.05) is 13.1 Å². The van der Waals surface area contributed by atoms with Crippen LogP contribution in [0.4, 0.5) is 0 Å². The second-order valence-electron chi connectivity index (χ2n) is 4.10. The van der Waals surface area contributed by atoms with Crippen molar-refractivity contribution in [3.8, 4) is 12.3 Å². The predicted octanol–water partition coefficient (Wildman–Crippen LogP) is 0.152. The van der Waals surface area contributed by atoms with Crippen molar-refractivity contribution in [1.29, 1.82) is 0 Å². The average Bonchev–Trinajstić information content (AvgIpc) is 2.26. The number of aliphatic carboxylic acids is 1. The number of nitrogens with zero attached hydrogens (tertiary/aromatic N) is 1. The third-order valence-electron chi connectivity index (χ3n) is 2.47. The van der Waals surface area contributed by atoms with Gasteiger partial charge in [0.25, 0.3) is 11.5 Å². The van der Waals surface area contributed by atoms with Gasteiger partial charge in [-0.1, -0.05) is 5.92 Å². The lowest BCUT2D eigenvalue weighted by molar-refractivity contribution is -0.137. The normalized spacial score (nSPS) is 9.74. The minimum absolute atomic E-state index is 0.0814. The van der Waals surface area contributed by atoms with Crippen LogP contribution in [0.25, 0.3) is 0 Å². The summed E-state index contributed by atoms with van der Waals surface area (Å²) in [5, 5.41) is 8.74. The third kappa shape index (κ3) is 3.45. The van der Waals surface area contributed by atoms with Crippen molar-refractivity contribution < 1.29 is 14.7 Å². The Hall–Kier alpha value is -2.55. The van der Waals surface area contributed by atoms with E-state index in [2.05, 4.69) is 10.9 Å². The van der Waals surface area contributed by atoms with Gasteiger partial charge in [-0.3, -0.25) is 14.4 Å². The highest BCUT2D eigenvalue weighted by Gasteiger charge is 2.22. The highest BCUT2D eigenvalue weighted by molar-refractivity contribution is 5.96. The molecule has 0 radical (unpaired) electrons. The molecule has 19 heavy (non-hydrogen) atoms. The van der Waals surface area contributed by atoms with Gasteiger partial charge in [0.15, 0.2) is 0 Å². The number of aromatic nitrogens is 1. The molecule has 1 aromatic heterocycles. The van der Waals surface area contributed by atoms with Crippen LogP contribution in [0.1, 0.15) is 21.6 Å². The Morgan fingerprint density at radius 2 is 2.11 bits per heavy atom. The molecule has 0 fully saturated rings. The number of nitrogens with one attached hydrogen (secondary N) is 1. The number of amides is 1. The number of carboxylic acid groups (broad SMARTS) is 1. The standard InChI is InChI=1S/C13H14N2O4/c1-4-5-15(7-10(16)17)13(19)11-8(2)6-9(3)14-12(11)18/h1,6H,5,7H2,2-3H3,(H,14,18)(H,16,17). The minimum atomic E-state index is -1.19. The van der Waals surface area contributed by atoms with E-state index in [9.17, 15) is 14.4 Å². The zero-order valence-corrected chi connectivity index (χ0v) is 10.7. The van der Waals surface area contributed by atoms with Gasteiger partial charge >= 0.3 is 5.97 Å². The Morgan fingerprint density at radius 3 is 2.58 bits per heavy atom. The minimum Gasteiger partial charge on any atom is -0.480 e. The molecule has 0 atom stereocenters. The number of hydrogen-bond acceptors (Lipinski definition) is 3. The number of H-pyrrole nitrogens is 1. The average molecular weight is 262 g/mol. The molecule has 0 bridgehead atoms. The quantitative estimate of drug-likeness (QED) is 0.756. The van der Waals surface area contributed by atoms with Crippen molar-refractivity contribution in [2.24, 2.45) is 0 Å². The molecule has 100 valence electrons. The second-order valence-corrected chi connectivity index (χ2v) is 4.10. The Bertz CT molecular complexity index is 610. The highest BCUT2D eigenvalue weighted by atomic mass is 16.4. The van der Waals surface area contributed by atoms with Gasteiger partial charge < -0.3 is 15.0 Å². The summed E-state index contributed by atoms with van der Waals surface area (Å²) in [6.07, 6.45) is 5.10. The molecule has 1 aromatic rings. The summed E-state index contributed by atoms with van der Waals surface area (Å²) in [4.78, 5) is 38.1. The van der Waals surface area contributed by atoms with Crippen LogP contribution in [0, 0.1) is 26.2 Å². The van der Waals surface area contributed by atoms with Crippen LogP contribution in [0.3, 0.4) is 0 Å². The molecule has 0 aromatic carbocycles. The first-order valence-electron chi connectivity index (χ1n) is 5.52. The number of aryl methyl sites for hydroxylation is 2. The molecule has 2 N–H and O–H groups in total. The van der Waals surface area contributed by atoms with E-state index in [0.717, 1.165) is 4.90 Å². The summed E-state index contributed by atoms with van der Waals surface area (Å²) in [5.41, 5.74) is 0.483. The molecule has 0 saturated heterocycles. The predicted molar refractivity (Wildman–Crippen MR) is 68.9 cm³/mol. The maximum atomic E-state index is 12.2. The molecule has 0 spiro atoms. The molecular weight excluding hydrogens is 248 g/mol. The smallest absolute Gasteiger partial charge is 0.323 e. The largest absolute Gasteiger partial charge is 0.480 e. The highest BCUT2D eigenvalue weighted by Crippen LogP contribution is 2.07. The lowest BCUT2D eigenvalue weighted by Crippen LogP contribution is -2.39. The maximum absolute atomic E-state index is 12.2. The Balaban J connectivity index is 3.21. The molecule has 0 saturated carbocycles. The van der Waals surface area contributed by atoms with Crippen molar-refractivity contribution in [3.63, 3.8) is 0 Å². The van der Waals surface area contributed by atoms with Gasteiger partial charge in [0.1, 0.15) is 12.1 Å². The van der Waals surface area contributed by atoms with E-state index < -0.39 is 24.0 Å². The van der Waals surface area contributed by atoms with E-state index in [-0.39, 0.29) is 12.1 Å². The fourth-order valence-electron chi connectivity index (χ4n) is 1.75. The second kappa shape index (κ2) is 5.87. The summed E-state index contributed by atoms with van der Waals surface area (Å²) in [7, 11) is 0. The summed E-state index contributed by atoms with van der Waals surface area (Å²) in [6, 6.07) is 1.64. The van der Waals surface area contributed by atoms with Crippen molar-refractivity contribution in [1.82, 2.24) is 9.88 Å². The molecule has 1 amide bonds. The molecule has 1 heterocycles. The van der Waals surface area contributed by atoms with Crippen molar-refractivity contribution >= 4 is 11.9 Å². The molecule has 6 nitrogen and oxygen atoms in total. The van der Waals surface area contributed by atoms with Gasteiger partial charge in [0, 0.05) is 5.69 Å². The Labute approximate surface area is 110 Å². The van der Waals surface area contributed by atoms with Crippen LogP contribution in [0.15, 0.2) is 10.9 Å². The van der Waals surface area contributed by atoms with E-state index in [1.165, 1.54) is 0 Å². The van der Waals surface area contributed by atoms with E-state index in [1.54, 1.807) is 19.9 Å². The molecular formula is C13H14N2O4. The van der Waals surface area contributed by atoms with Crippen LogP contribution in [-0.2, 0) is 4.79 Å². The maximum Gasteiger partial charge on any atom is 0.323 e. The monoisotopic (exact) mass is 262 g/mol. The van der Waals surface area contributed by atoms with Crippen molar-refractivity contribution in [2.45, 2.75) is 13.8 Å². The van der Waals surface area contributed by atoms with Crippen LogP contribution in [0.2, 0.25) is 0 Å². The molecule has 0 aliphatic rings. The summed E-state index contributed by atoms with van der Waals surface area (Å²) in [5.74, 6) is 0.332. The van der Waals surface area contributed by atoms with Gasteiger partial charge in [-0.05, 0) is 25.5 Å². The molecule has 0 aliphatic heterocycles. The van der Waals surface area contributed by atoms with E-state index >= 15 is 0 Å². The fraction of sp³-hybridized carbons (Fsp3) is 0.308. The topological polar surface area (TPSA) is 90.5 Å². The fourth-order valence-corrected chi connectivity index (χ4v) is 1.75. The molecule has 6 heteroatoms. The Kier molecular flexibility index (Phi) is 4.48. The van der Waals surface area contributed by atoms with Gasteiger partial charge in [0.05, 0.1) is 6.54 Å². The van der Waals surface area contributed by atoms with Crippen LogP contribution >= 0.6 is 0 Å². The first-order chi connectivity index (χ1) is 8.86. The number of hydrogen-bond donors (Lipinski definition) is 2. The molecule has 1 rings (SSSR count). The van der Waals surface area contributed by atoms with Crippen molar-refractivity contribution in [3.05, 3.63) is 33.2 Å². The third-order valence-corrected chi connectivity index (χ3v) is 2.47. The number of pyridine rings is 1. The number of carboxylic acids is 1. The van der Waals surface area contributed by atoms with Gasteiger partial charge in [-0.25, -0.2) is 0 Å². The van der Waals surface area contributed by atoms with Gasteiger partial charge in [0.2, 0.25) is 0 Å². The zero-order chi connectivity index (χ0) is 14.6.